The predicted molar refractivity (Wildman–Crippen MR) is 72.8 cm³/mol. The maximum absolute atomic E-state index is 13.7. The molecule has 0 aliphatic carbocycles. The van der Waals surface area contributed by atoms with Gasteiger partial charge < -0.3 is 10.6 Å². The molecule has 0 aliphatic heterocycles. The SMILES string of the molecule is CCN(CC)CCSc1c(F)cc(CN)cc1F. The molecule has 0 saturated carbocycles. The normalized spacial score (nSPS) is 11.2. The van der Waals surface area contributed by atoms with E-state index in [9.17, 15) is 8.78 Å². The van der Waals surface area contributed by atoms with Crippen LogP contribution in [0.1, 0.15) is 19.4 Å². The molecule has 2 nitrogen and oxygen atoms in total. The van der Waals surface area contributed by atoms with E-state index in [0.29, 0.717) is 11.3 Å². The highest BCUT2D eigenvalue weighted by Gasteiger charge is 2.11. The minimum absolute atomic E-state index is 0.0966. The van der Waals surface area contributed by atoms with Gasteiger partial charge in [0.15, 0.2) is 0 Å². The number of nitrogens with zero attached hydrogens (tertiary/aromatic N) is 1. The molecule has 1 aromatic carbocycles. The summed E-state index contributed by atoms with van der Waals surface area (Å²) in [6, 6.07) is 2.62. The zero-order valence-electron chi connectivity index (χ0n) is 10.9. The molecule has 0 aliphatic rings. The van der Waals surface area contributed by atoms with Crippen molar-refractivity contribution < 1.29 is 8.78 Å². The molecular weight excluding hydrogens is 254 g/mol. The molecule has 0 spiro atoms. The van der Waals surface area contributed by atoms with Crippen LogP contribution in [0.4, 0.5) is 8.78 Å². The van der Waals surface area contributed by atoms with Crippen LogP contribution in [0.5, 0.6) is 0 Å². The molecule has 0 heterocycles. The molecule has 18 heavy (non-hydrogen) atoms. The summed E-state index contributed by atoms with van der Waals surface area (Å²) in [4.78, 5) is 2.32. The van der Waals surface area contributed by atoms with Crippen LogP contribution in [-0.2, 0) is 6.54 Å². The second-order valence-electron chi connectivity index (χ2n) is 3.97. The van der Waals surface area contributed by atoms with Gasteiger partial charge in [-0.1, -0.05) is 13.8 Å². The number of thioether (sulfide) groups is 1. The zero-order chi connectivity index (χ0) is 13.5. The minimum atomic E-state index is -0.514. The topological polar surface area (TPSA) is 29.3 Å². The summed E-state index contributed by atoms with van der Waals surface area (Å²) in [6.07, 6.45) is 0. The number of hydrogen-bond donors (Lipinski definition) is 1. The van der Waals surface area contributed by atoms with E-state index in [1.165, 1.54) is 23.9 Å². The Labute approximate surface area is 112 Å². The molecule has 0 fully saturated rings. The van der Waals surface area contributed by atoms with E-state index in [1.807, 2.05) is 0 Å². The Balaban J connectivity index is 2.62. The van der Waals surface area contributed by atoms with Crippen molar-refractivity contribution in [1.82, 2.24) is 4.90 Å². The Hall–Kier alpha value is -0.650. The fraction of sp³-hybridized carbons (Fsp3) is 0.538. The first-order valence-electron chi connectivity index (χ1n) is 6.15. The van der Waals surface area contributed by atoms with Crippen molar-refractivity contribution in [2.45, 2.75) is 25.3 Å². The molecule has 102 valence electrons. The summed E-state index contributed by atoms with van der Waals surface area (Å²) in [5.74, 6) is -0.350. The third-order valence-corrected chi connectivity index (χ3v) is 3.91. The van der Waals surface area contributed by atoms with E-state index in [2.05, 4.69) is 18.7 Å². The fourth-order valence-electron chi connectivity index (χ4n) is 1.68. The van der Waals surface area contributed by atoms with Gasteiger partial charge in [0.2, 0.25) is 0 Å². The van der Waals surface area contributed by atoms with Crippen LogP contribution in [0.2, 0.25) is 0 Å². The summed E-state index contributed by atoms with van der Waals surface area (Å²) in [7, 11) is 0. The number of benzene rings is 1. The van der Waals surface area contributed by atoms with E-state index in [-0.39, 0.29) is 11.4 Å². The van der Waals surface area contributed by atoms with Gasteiger partial charge in [0.1, 0.15) is 11.6 Å². The first-order valence-corrected chi connectivity index (χ1v) is 7.14. The Kier molecular flexibility index (Phi) is 6.60. The molecule has 0 aromatic heterocycles. The molecule has 0 radical (unpaired) electrons. The molecule has 1 aromatic rings. The van der Waals surface area contributed by atoms with Crippen LogP contribution < -0.4 is 5.73 Å². The highest BCUT2D eigenvalue weighted by molar-refractivity contribution is 7.99. The van der Waals surface area contributed by atoms with Gasteiger partial charge in [0, 0.05) is 18.8 Å². The molecule has 2 N–H and O–H groups in total. The van der Waals surface area contributed by atoms with Crippen LogP contribution in [0.25, 0.3) is 0 Å². The van der Waals surface area contributed by atoms with E-state index in [1.54, 1.807) is 0 Å². The minimum Gasteiger partial charge on any atom is -0.326 e. The van der Waals surface area contributed by atoms with Crippen LogP contribution >= 0.6 is 11.8 Å². The van der Waals surface area contributed by atoms with Crippen molar-refractivity contribution in [2.75, 3.05) is 25.4 Å². The first-order chi connectivity index (χ1) is 8.62. The summed E-state index contributed by atoms with van der Waals surface area (Å²) in [6.45, 7) is 7.03. The second-order valence-corrected chi connectivity index (χ2v) is 5.07. The lowest BCUT2D eigenvalue weighted by Crippen LogP contribution is -2.25. The van der Waals surface area contributed by atoms with E-state index in [4.69, 9.17) is 5.73 Å². The molecular formula is C13H20F2N2S. The molecule has 0 unspecified atom stereocenters. The molecule has 5 heteroatoms. The maximum atomic E-state index is 13.7. The van der Waals surface area contributed by atoms with Crippen LogP contribution in [0, 0.1) is 11.6 Å². The second kappa shape index (κ2) is 7.71. The average Bonchev–Trinajstić information content (AvgIpc) is 2.37. The van der Waals surface area contributed by atoms with Gasteiger partial charge in [-0.2, -0.15) is 0 Å². The Morgan fingerprint density at radius 1 is 1.17 bits per heavy atom. The number of halogens is 2. The Morgan fingerprint density at radius 2 is 1.72 bits per heavy atom. The van der Waals surface area contributed by atoms with Gasteiger partial charge >= 0.3 is 0 Å². The van der Waals surface area contributed by atoms with Gasteiger partial charge in [-0.05, 0) is 30.8 Å². The molecule has 0 saturated heterocycles. The van der Waals surface area contributed by atoms with Crippen molar-refractivity contribution in [2.24, 2.45) is 5.73 Å². The number of rotatable bonds is 7. The highest BCUT2D eigenvalue weighted by atomic mass is 32.2. The van der Waals surface area contributed by atoms with Crippen LogP contribution in [0.15, 0.2) is 17.0 Å². The van der Waals surface area contributed by atoms with Crippen LogP contribution in [-0.4, -0.2) is 30.3 Å². The van der Waals surface area contributed by atoms with Gasteiger partial charge in [0.25, 0.3) is 0 Å². The van der Waals surface area contributed by atoms with Crippen LogP contribution in [0.3, 0.4) is 0 Å². The van der Waals surface area contributed by atoms with Crippen molar-refractivity contribution in [3.8, 4) is 0 Å². The Bertz CT molecular complexity index is 358. The average molecular weight is 274 g/mol. The smallest absolute Gasteiger partial charge is 0.140 e. The Morgan fingerprint density at radius 3 is 2.17 bits per heavy atom. The zero-order valence-corrected chi connectivity index (χ0v) is 11.7. The van der Waals surface area contributed by atoms with Crippen molar-refractivity contribution in [1.29, 1.82) is 0 Å². The van der Waals surface area contributed by atoms with Gasteiger partial charge in [-0.25, -0.2) is 8.78 Å². The predicted octanol–water partition coefficient (Wildman–Crippen LogP) is 2.86. The van der Waals surface area contributed by atoms with Gasteiger partial charge in [-0.15, -0.1) is 11.8 Å². The van der Waals surface area contributed by atoms with Gasteiger partial charge in [-0.3, -0.25) is 0 Å². The lowest BCUT2D eigenvalue weighted by atomic mass is 10.2. The number of nitrogens with two attached hydrogens (primary N) is 1. The molecule has 0 bridgehead atoms. The highest BCUT2D eigenvalue weighted by Crippen LogP contribution is 2.26. The lowest BCUT2D eigenvalue weighted by molar-refractivity contribution is 0.324. The van der Waals surface area contributed by atoms with Gasteiger partial charge in [0.05, 0.1) is 4.90 Å². The fourth-order valence-corrected chi connectivity index (χ4v) is 2.63. The van der Waals surface area contributed by atoms with E-state index < -0.39 is 11.6 Å². The van der Waals surface area contributed by atoms with Crippen molar-refractivity contribution >= 4 is 11.8 Å². The molecule has 0 amide bonds. The lowest BCUT2D eigenvalue weighted by Gasteiger charge is -2.17. The quantitative estimate of drug-likeness (QED) is 0.775. The van der Waals surface area contributed by atoms with Crippen molar-refractivity contribution in [3.63, 3.8) is 0 Å². The third-order valence-electron chi connectivity index (χ3n) is 2.84. The summed E-state index contributed by atoms with van der Waals surface area (Å²) in [5, 5.41) is 0. The summed E-state index contributed by atoms with van der Waals surface area (Å²) < 4.78 is 27.3. The summed E-state index contributed by atoms with van der Waals surface area (Å²) >= 11 is 1.22. The van der Waals surface area contributed by atoms with E-state index >= 15 is 0 Å². The third kappa shape index (κ3) is 4.23. The maximum Gasteiger partial charge on any atom is 0.140 e. The van der Waals surface area contributed by atoms with E-state index in [0.717, 1.165) is 19.6 Å². The monoisotopic (exact) mass is 274 g/mol. The molecule has 1 rings (SSSR count). The first kappa shape index (κ1) is 15.4. The summed E-state index contributed by atoms with van der Waals surface area (Å²) in [5.41, 5.74) is 5.85. The molecule has 0 atom stereocenters. The standard InChI is InChI=1S/C13H20F2N2S/c1-3-17(4-2)5-6-18-13-11(14)7-10(9-16)8-12(13)15/h7-8H,3-6,9,16H2,1-2H3. The largest absolute Gasteiger partial charge is 0.326 e. The van der Waals surface area contributed by atoms with Crippen molar-refractivity contribution in [3.05, 3.63) is 29.3 Å². The number of hydrogen-bond acceptors (Lipinski definition) is 3.